The average molecular weight is 623 g/mol. The molecule has 0 N–H and O–H groups in total. The molecular formula is C40H22N4O2S. The summed E-state index contributed by atoms with van der Waals surface area (Å²) in [6.45, 7) is 0. The Kier molecular flexibility index (Phi) is 5.64. The summed E-state index contributed by atoms with van der Waals surface area (Å²) >= 11 is 1.66. The van der Waals surface area contributed by atoms with Crippen molar-refractivity contribution < 1.29 is 8.83 Å². The molecule has 220 valence electrons. The van der Waals surface area contributed by atoms with Crippen LogP contribution in [-0.4, -0.2) is 19.9 Å². The first-order valence-electron chi connectivity index (χ1n) is 15.3. The highest BCUT2D eigenvalue weighted by molar-refractivity contribution is 7.21. The summed E-state index contributed by atoms with van der Waals surface area (Å²) in [4.78, 5) is 20.1. The normalized spacial score (nSPS) is 11.8. The fraction of sp³-hybridized carbons (Fsp3) is 0. The van der Waals surface area contributed by atoms with E-state index in [4.69, 9.17) is 28.8 Å². The van der Waals surface area contributed by atoms with Gasteiger partial charge in [-0.3, -0.25) is 0 Å². The summed E-state index contributed by atoms with van der Waals surface area (Å²) in [5.41, 5.74) is 7.63. The minimum atomic E-state index is 0.540. The third-order valence-corrected chi connectivity index (χ3v) is 9.67. The van der Waals surface area contributed by atoms with E-state index in [-0.39, 0.29) is 0 Å². The summed E-state index contributed by atoms with van der Waals surface area (Å²) in [6.07, 6.45) is 0. The Morgan fingerprint density at radius 2 is 1.04 bits per heavy atom. The first kappa shape index (κ1) is 26.1. The first-order valence-corrected chi connectivity index (χ1v) is 16.1. The van der Waals surface area contributed by atoms with E-state index in [9.17, 15) is 0 Å². The zero-order chi connectivity index (χ0) is 30.9. The minimum Gasteiger partial charge on any atom is -0.455 e. The van der Waals surface area contributed by atoms with Gasteiger partial charge in [0.2, 0.25) is 0 Å². The molecule has 10 aromatic rings. The van der Waals surface area contributed by atoms with Crippen molar-refractivity contribution >= 4 is 65.4 Å². The van der Waals surface area contributed by atoms with Crippen LogP contribution in [0.25, 0.3) is 98.8 Å². The lowest BCUT2D eigenvalue weighted by atomic mass is 10.0. The minimum absolute atomic E-state index is 0.540. The molecule has 0 saturated carbocycles. The molecule has 0 amide bonds. The molecule has 0 spiro atoms. The molecule has 0 unspecified atom stereocenters. The number of benzene rings is 6. The van der Waals surface area contributed by atoms with Crippen LogP contribution in [0.15, 0.2) is 142 Å². The maximum Gasteiger partial charge on any atom is 0.167 e. The van der Waals surface area contributed by atoms with E-state index < -0.39 is 0 Å². The van der Waals surface area contributed by atoms with Crippen LogP contribution >= 0.6 is 11.3 Å². The van der Waals surface area contributed by atoms with Gasteiger partial charge in [-0.2, -0.15) is 0 Å². The van der Waals surface area contributed by atoms with Crippen LogP contribution in [0, 0.1) is 0 Å². The Morgan fingerprint density at radius 3 is 1.94 bits per heavy atom. The van der Waals surface area contributed by atoms with Crippen LogP contribution in [0.1, 0.15) is 0 Å². The van der Waals surface area contributed by atoms with Gasteiger partial charge >= 0.3 is 0 Å². The highest BCUT2D eigenvalue weighted by Gasteiger charge is 2.22. The van der Waals surface area contributed by atoms with Crippen molar-refractivity contribution in [3.63, 3.8) is 0 Å². The van der Waals surface area contributed by atoms with E-state index in [1.54, 1.807) is 11.3 Å². The largest absolute Gasteiger partial charge is 0.455 e. The zero-order valence-electron chi connectivity index (χ0n) is 24.7. The molecule has 0 atom stereocenters. The fourth-order valence-electron chi connectivity index (χ4n) is 6.45. The summed E-state index contributed by atoms with van der Waals surface area (Å²) in [6, 6.07) is 44.7. The lowest BCUT2D eigenvalue weighted by Crippen LogP contribution is -2.00. The molecular weight excluding hydrogens is 601 g/mol. The van der Waals surface area contributed by atoms with Crippen LogP contribution in [0.5, 0.6) is 0 Å². The van der Waals surface area contributed by atoms with Crippen LogP contribution in [-0.2, 0) is 0 Å². The summed E-state index contributed by atoms with van der Waals surface area (Å²) < 4.78 is 14.1. The van der Waals surface area contributed by atoms with Gasteiger partial charge in [-0.15, -0.1) is 11.3 Å². The monoisotopic (exact) mass is 622 g/mol. The van der Waals surface area contributed by atoms with Gasteiger partial charge in [0.1, 0.15) is 27.3 Å². The number of aromatic nitrogens is 4. The van der Waals surface area contributed by atoms with Crippen LogP contribution in [0.4, 0.5) is 0 Å². The third kappa shape index (κ3) is 4.10. The maximum atomic E-state index is 6.60. The molecule has 6 aromatic carbocycles. The second-order valence-electron chi connectivity index (χ2n) is 11.4. The van der Waals surface area contributed by atoms with E-state index in [1.807, 2.05) is 91.0 Å². The summed E-state index contributed by atoms with van der Waals surface area (Å²) in [5.74, 6) is 1.68. The molecule has 6 nitrogen and oxygen atoms in total. The Bertz CT molecular complexity index is 2780. The van der Waals surface area contributed by atoms with Crippen molar-refractivity contribution in [1.82, 2.24) is 19.9 Å². The first-order chi connectivity index (χ1) is 23.3. The number of para-hydroxylation sites is 4. The third-order valence-electron chi connectivity index (χ3n) is 8.60. The zero-order valence-corrected chi connectivity index (χ0v) is 25.5. The van der Waals surface area contributed by atoms with Gasteiger partial charge in [-0.25, -0.2) is 19.9 Å². The van der Waals surface area contributed by atoms with Crippen molar-refractivity contribution in [3.05, 3.63) is 133 Å². The average Bonchev–Trinajstić information content (AvgIpc) is 3.85. The molecule has 0 radical (unpaired) electrons. The highest BCUT2D eigenvalue weighted by atomic mass is 32.1. The summed E-state index contributed by atoms with van der Waals surface area (Å²) in [5, 5.41) is 4.93. The van der Waals surface area contributed by atoms with Crippen molar-refractivity contribution in [2.75, 3.05) is 0 Å². The number of fused-ring (bicyclic) bond motifs is 7. The topological polar surface area (TPSA) is 77.8 Å². The van der Waals surface area contributed by atoms with E-state index in [0.29, 0.717) is 17.5 Å². The molecule has 0 aliphatic rings. The smallest absolute Gasteiger partial charge is 0.167 e. The molecule has 0 bridgehead atoms. The van der Waals surface area contributed by atoms with Crippen molar-refractivity contribution in [1.29, 1.82) is 0 Å². The second-order valence-corrected chi connectivity index (χ2v) is 12.4. The number of furan rings is 2. The molecule has 7 heteroatoms. The van der Waals surface area contributed by atoms with Gasteiger partial charge in [0.15, 0.2) is 17.5 Å². The standard InChI is InChI=1S/C40H22N4O2S/c1-2-11-23(12-3-1)37-42-38(44-39(43-37)28-17-8-14-25-24-13-4-6-20-31(24)45-35(25)28)27-16-10-21-32-34(27)26-15-9-18-29(36(26)46-32)40-41-30-19-5-7-22-33(30)47-40/h1-22H. The maximum absolute atomic E-state index is 6.60. The van der Waals surface area contributed by atoms with Gasteiger partial charge in [0.25, 0.3) is 0 Å². The van der Waals surface area contributed by atoms with Gasteiger partial charge in [0, 0.05) is 32.7 Å². The quantitative estimate of drug-likeness (QED) is 0.194. The predicted molar refractivity (Wildman–Crippen MR) is 189 cm³/mol. The number of nitrogens with zero attached hydrogens (tertiary/aromatic N) is 4. The number of rotatable bonds is 4. The molecule has 4 heterocycles. The van der Waals surface area contributed by atoms with Gasteiger partial charge in [-0.1, -0.05) is 97.1 Å². The summed E-state index contributed by atoms with van der Waals surface area (Å²) in [7, 11) is 0. The van der Waals surface area contributed by atoms with E-state index >= 15 is 0 Å². The molecule has 4 aromatic heterocycles. The highest BCUT2D eigenvalue weighted by Crippen LogP contribution is 2.42. The van der Waals surface area contributed by atoms with Gasteiger partial charge < -0.3 is 8.83 Å². The Balaban J connectivity index is 1.23. The second kappa shape index (κ2) is 10.2. The van der Waals surface area contributed by atoms with E-state index in [1.165, 1.54) is 0 Å². The molecule has 0 saturated heterocycles. The molecule has 0 aliphatic carbocycles. The van der Waals surface area contributed by atoms with Crippen LogP contribution in [0.2, 0.25) is 0 Å². The van der Waals surface area contributed by atoms with Gasteiger partial charge in [-0.05, 0) is 36.4 Å². The fourth-order valence-corrected chi connectivity index (χ4v) is 7.43. The molecule has 47 heavy (non-hydrogen) atoms. The Labute approximate surface area is 271 Å². The number of hydrogen-bond donors (Lipinski definition) is 0. The lowest BCUT2D eigenvalue weighted by Gasteiger charge is -2.09. The predicted octanol–water partition coefficient (Wildman–Crippen LogP) is 10.9. The SMILES string of the molecule is c1ccc(-c2nc(-c3cccc4c3oc3ccccc34)nc(-c3cccc4oc5c(-c6nc7ccccc7s6)cccc5c34)n2)cc1. The van der Waals surface area contributed by atoms with Crippen LogP contribution < -0.4 is 0 Å². The van der Waals surface area contributed by atoms with Crippen molar-refractivity contribution in [2.45, 2.75) is 0 Å². The van der Waals surface area contributed by atoms with Crippen molar-refractivity contribution in [3.8, 4) is 44.7 Å². The Hall–Kier alpha value is -6.18. The lowest BCUT2D eigenvalue weighted by molar-refractivity contribution is 0.669. The number of thiazole rings is 1. The molecule has 10 rings (SSSR count). The number of hydrogen-bond acceptors (Lipinski definition) is 7. The van der Waals surface area contributed by atoms with E-state index in [2.05, 4.69) is 42.5 Å². The van der Waals surface area contributed by atoms with Crippen LogP contribution in [0.3, 0.4) is 0 Å². The van der Waals surface area contributed by atoms with Gasteiger partial charge in [0.05, 0.1) is 21.3 Å². The molecule has 0 fully saturated rings. The Morgan fingerprint density at radius 1 is 0.426 bits per heavy atom. The van der Waals surface area contributed by atoms with E-state index in [0.717, 1.165) is 81.4 Å². The molecule has 0 aliphatic heterocycles. The van der Waals surface area contributed by atoms with Crippen molar-refractivity contribution in [2.24, 2.45) is 0 Å².